The second-order valence-electron chi connectivity index (χ2n) is 4.09. The van der Waals surface area contributed by atoms with Crippen molar-refractivity contribution in [3.05, 3.63) is 0 Å². The second kappa shape index (κ2) is 6.23. The van der Waals surface area contributed by atoms with Crippen LogP contribution in [-0.2, 0) is 9.84 Å². The molecule has 0 aromatic carbocycles. The van der Waals surface area contributed by atoms with Crippen molar-refractivity contribution in [2.45, 2.75) is 31.9 Å². The number of halogens is 1. The molecule has 0 aromatic rings. The molecule has 0 atom stereocenters. The molecule has 0 heterocycles. The van der Waals surface area contributed by atoms with E-state index in [0.29, 0.717) is 11.6 Å². The molecule has 2 nitrogen and oxygen atoms in total. The zero-order chi connectivity index (χ0) is 11.2. The predicted octanol–water partition coefficient (Wildman–Crippen LogP) is 2.56. The number of thioether (sulfide) groups is 1. The maximum absolute atomic E-state index is 11.6. The lowest BCUT2D eigenvalue weighted by Crippen LogP contribution is -2.31. The summed E-state index contributed by atoms with van der Waals surface area (Å²) in [5, 5.41) is 0. The third-order valence-electron chi connectivity index (χ3n) is 1.85. The van der Waals surface area contributed by atoms with Crippen molar-refractivity contribution >= 4 is 33.2 Å². The maximum atomic E-state index is 11.6. The molecular formula is C9H19ClO2S2. The van der Waals surface area contributed by atoms with E-state index in [9.17, 15) is 8.42 Å². The lowest BCUT2D eigenvalue weighted by molar-refractivity contribution is 0.562. The molecule has 0 saturated heterocycles. The van der Waals surface area contributed by atoms with Crippen LogP contribution >= 0.6 is 23.4 Å². The zero-order valence-corrected chi connectivity index (χ0v) is 11.4. The minimum atomic E-state index is -2.94. The highest BCUT2D eigenvalue weighted by molar-refractivity contribution is 8.00. The molecule has 0 N–H and O–H groups in total. The van der Waals surface area contributed by atoms with Gasteiger partial charge in [0, 0.05) is 11.6 Å². The van der Waals surface area contributed by atoms with Crippen LogP contribution in [0.1, 0.15) is 27.2 Å². The van der Waals surface area contributed by atoms with E-state index >= 15 is 0 Å². The van der Waals surface area contributed by atoms with E-state index in [1.165, 1.54) is 0 Å². The lowest BCUT2D eigenvalue weighted by Gasteiger charge is -2.18. The Labute approximate surface area is 96.7 Å². The van der Waals surface area contributed by atoms with Crippen LogP contribution in [0, 0.1) is 0 Å². The molecule has 0 bridgehead atoms. The van der Waals surface area contributed by atoms with E-state index in [2.05, 4.69) is 0 Å². The molecule has 0 unspecified atom stereocenters. The van der Waals surface area contributed by atoms with E-state index in [0.717, 1.165) is 12.2 Å². The minimum absolute atomic E-state index is 0.267. The predicted molar refractivity (Wildman–Crippen MR) is 66.2 cm³/mol. The van der Waals surface area contributed by atoms with Gasteiger partial charge in [-0.3, -0.25) is 0 Å². The summed E-state index contributed by atoms with van der Waals surface area (Å²) in [6.45, 7) is 5.23. The fourth-order valence-electron chi connectivity index (χ4n) is 0.733. The van der Waals surface area contributed by atoms with Crippen LogP contribution in [0.3, 0.4) is 0 Å². The van der Waals surface area contributed by atoms with Gasteiger partial charge in [0.1, 0.15) is 0 Å². The van der Waals surface area contributed by atoms with Crippen molar-refractivity contribution in [2.75, 3.05) is 23.1 Å². The lowest BCUT2D eigenvalue weighted by atomic mass is 10.3. The molecule has 0 saturated carbocycles. The Morgan fingerprint density at radius 1 is 1.21 bits per heavy atom. The number of sulfone groups is 1. The van der Waals surface area contributed by atoms with Crippen molar-refractivity contribution < 1.29 is 8.42 Å². The molecule has 0 spiro atoms. The first kappa shape index (κ1) is 14.6. The van der Waals surface area contributed by atoms with Gasteiger partial charge in [0.05, 0.1) is 10.5 Å². The molecule has 0 fully saturated rings. The molecular weight excluding hydrogens is 240 g/mol. The van der Waals surface area contributed by atoms with Crippen molar-refractivity contribution in [1.82, 2.24) is 0 Å². The molecule has 5 heteroatoms. The largest absolute Gasteiger partial charge is 0.228 e. The Hall–Kier alpha value is 0.590. The highest BCUT2D eigenvalue weighted by Gasteiger charge is 2.27. The number of rotatable bonds is 6. The zero-order valence-electron chi connectivity index (χ0n) is 9.05. The van der Waals surface area contributed by atoms with Crippen molar-refractivity contribution in [1.29, 1.82) is 0 Å². The third kappa shape index (κ3) is 5.47. The monoisotopic (exact) mass is 258 g/mol. The number of hydrogen-bond donors (Lipinski definition) is 0. The fraction of sp³-hybridized carbons (Fsp3) is 1.00. The Balaban J connectivity index is 3.80. The van der Waals surface area contributed by atoms with E-state index in [-0.39, 0.29) is 5.75 Å². The van der Waals surface area contributed by atoms with Crippen LogP contribution in [0.5, 0.6) is 0 Å². The Kier molecular flexibility index (Phi) is 6.50. The van der Waals surface area contributed by atoms with E-state index in [1.54, 1.807) is 32.5 Å². The van der Waals surface area contributed by atoms with E-state index in [4.69, 9.17) is 11.6 Å². The van der Waals surface area contributed by atoms with Gasteiger partial charge in [-0.2, -0.15) is 11.8 Å². The molecule has 0 aliphatic carbocycles. The first-order chi connectivity index (χ1) is 6.31. The molecule has 0 amide bonds. The molecule has 0 rings (SSSR count). The average molecular weight is 259 g/mol. The van der Waals surface area contributed by atoms with Gasteiger partial charge < -0.3 is 0 Å². The number of hydrogen-bond acceptors (Lipinski definition) is 3. The Morgan fingerprint density at radius 2 is 1.79 bits per heavy atom. The van der Waals surface area contributed by atoms with Crippen LogP contribution in [0.4, 0.5) is 0 Å². The quantitative estimate of drug-likeness (QED) is 0.543. The van der Waals surface area contributed by atoms with Gasteiger partial charge in [-0.25, -0.2) is 8.42 Å². The minimum Gasteiger partial charge on any atom is -0.228 e. The Bertz CT molecular complexity index is 242. The van der Waals surface area contributed by atoms with Crippen LogP contribution < -0.4 is 0 Å². The van der Waals surface area contributed by atoms with Gasteiger partial charge in [0.2, 0.25) is 0 Å². The molecule has 0 radical (unpaired) electrons. The number of alkyl halides is 1. The van der Waals surface area contributed by atoms with Crippen molar-refractivity contribution in [3.8, 4) is 0 Å². The van der Waals surface area contributed by atoms with E-state index < -0.39 is 14.6 Å². The standard InChI is InChI=1S/C9H19ClO2S2/c1-9(2,3)14(11,12)8-7-13-6-4-5-10/h4-8H2,1-3H3. The van der Waals surface area contributed by atoms with Gasteiger partial charge in [-0.05, 0) is 32.9 Å². The van der Waals surface area contributed by atoms with Crippen LogP contribution in [0.25, 0.3) is 0 Å². The van der Waals surface area contributed by atoms with Crippen LogP contribution in [-0.4, -0.2) is 36.3 Å². The smallest absolute Gasteiger partial charge is 0.155 e. The summed E-state index contributed by atoms with van der Waals surface area (Å²) >= 11 is 7.17. The molecule has 86 valence electrons. The van der Waals surface area contributed by atoms with E-state index in [1.807, 2.05) is 0 Å². The van der Waals surface area contributed by atoms with Crippen molar-refractivity contribution in [2.24, 2.45) is 0 Å². The molecule has 14 heavy (non-hydrogen) atoms. The van der Waals surface area contributed by atoms with Gasteiger partial charge in [0.15, 0.2) is 9.84 Å². The Morgan fingerprint density at radius 3 is 2.21 bits per heavy atom. The van der Waals surface area contributed by atoms with Gasteiger partial charge in [-0.15, -0.1) is 11.6 Å². The van der Waals surface area contributed by atoms with Gasteiger partial charge in [0.25, 0.3) is 0 Å². The van der Waals surface area contributed by atoms with Gasteiger partial charge in [-0.1, -0.05) is 0 Å². The van der Waals surface area contributed by atoms with Crippen molar-refractivity contribution in [3.63, 3.8) is 0 Å². The topological polar surface area (TPSA) is 34.1 Å². The summed E-state index contributed by atoms with van der Waals surface area (Å²) in [4.78, 5) is 0. The normalized spacial score (nSPS) is 13.1. The third-order valence-corrected chi connectivity index (χ3v) is 6.06. The van der Waals surface area contributed by atoms with Crippen LogP contribution in [0.2, 0.25) is 0 Å². The highest BCUT2D eigenvalue weighted by atomic mass is 35.5. The first-order valence-electron chi connectivity index (χ1n) is 4.67. The molecule has 0 aliphatic rings. The summed E-state index contributed by atoms with van der Waals surface area (Å²) in [5.41, 5.74) is 0. The highest BCUT2D eigenvalue weighted by Crippen LogP contribution is 2.17. The summed E-state index contributed by atoms with van der Waals surface area (Å²) in [7, 11) is -2.94. The molecule has 0 aliphatic heterocycles. The van der Waals surface area contributed by atoms with Gasteiger partial charge >= 0.3 is 0 Å². The van der Waals surface area contributed by atoms with Crippen LogP contribution in [0.15, 0.2) is 0 Å². The first-order valence-corrected chi connectivity index (χ1v) is 8.01. The molecule has 0 aromatic heterocycles. The summed E-state index contributed by atoms with van der Waals surface area (Å²) in [6, 6.07) is 0. The average Bonchev–Trinajstić information content (AvgIpc) is 2.02. The second-order valence-corrected chi connectivity index (χ2v) is 8.55. The summed E-state index contributed by atoms with van der Waals surface area (Å²) in [5.74, 6) is 2.54. The maximum Gasteiger partial charge on any atom is 0.155 e. The fourth-order valence-corrected chi connectivity index (χ4v) is 3.54. The SMILES string of the molecule is CC(C)(C)S(=O)(=O)CCSCCCCl. The summed E-state index contributed by atoms with van der Waals surface area (Å²) in [6.07, 6.45) is 0.946. The summed E-state index contributed by atoms with van der Waals surface area (Å²) < 4.78 is 22.7.